The SMILES string of the molecule is CC1(C)CNc2c([N+](=O)[O-])c(C3=C(O)c4ccccc4C(=O)C3=O)c(-c3ccc(F)cc3)n2C1. The molecule has 1 aliphatic carbocycles. The number of aliphatic hydroxyl groups is 1. The molecule has 0 saturated heterocycles. The van der Waals surface area contributed by atoms with Crippen molar-refractivity contribution in [3.63, 3.8) is 0 Å². The highest BCUT2D eigenvalue weighted by Crippen LogP contribution is 2.49. The molecule has 0 spiro atoms. The van der Waals surface area contributed by atoms with Crippen LogP contribution in [-0.2, 0) is 11.3 Å². The van der Waals surface area contributed by atoms with Crippen LogP contribution in [0, 0.1) is 21.3 Å². The van der Waals surface area contributed by atoms with Gasteiger partial charge in [-0.3, -0.25) is 19.7 Å². The third-order valence-corrected chi connectivity index (χ3v) is 6.21. The van der Waals surface area contributed by atoms with Crippen molar-refractivity contribution in [2.24, 2.45) is 5.41 Å². The molecule has 0 bridgehead atoms. The predicted octanol–water partition coefficient (Wildman–Crippen LogP) is 4.85. The molecular weight excluding hydrogens is 441 g/mol. The molecule has 8 nitrogen and oxygen atoms in total. The highest BCUT2D eigenvalue weighted by atomic mass is 19.1. The van der Waals surface area contributed by atoms with E-state index in [1.807, 2.05) is 13.8 Å². The van der Waals surface area contributed by atoms with Crippen molar-refractivity contribution < 1.29 is 24.0 Å². The molecule has 172 valence electrons. The average Bonchev–Trinajstić information content (AvgIpc) is 3.11. The van der Waals surface area contributed by atoms with E-state index in [2.05, 4.69) is 5.32 Å². The molecule has 0 radical (unpaired) electrons. The summed E-state index contributed by atoms with van der Waals surface area (Å²) in [6.07, 6.45) is 0. The van der Waals surface area contributed by atoms with Gasteiger partial charge < -0.3 is 15.0 Å². The molecule has 0 saturated carbocycles. The second-order valence-electron chi connectivity index (χ2n) is 9.22. The van der Waals surface area contributed by atoms with E-state index in [0.717, 1.165) is 0 Å². The number of nitro groups is 1. The Morgan fingerprint density at radius 3 is 2.35 bits per heavy atom. The van der Waals surface area contributed by atoms with Crippen molar-refractivity contribution in [3.05, 3.63) is 81.2 Å². The van der Waals surface area contributed by atoms with Crippen molar-refractivity contribution in [2.45, 2.75) is 20.4 Å². The van der Waals surface area contributed by atoms with Gasteiger partial charge in [-0.15, -0.1) is 0 Å². The van der Waals surface area contributed by atoms with Crippen LogP contribution >= 0.6 is 0 Å². The van der Waals surface area contributed by atoms with Crippen LogP contribution in [0.25, 0.3) is 22.6 Å². The fourth-order valence-corrected chi connectivity index (χ4v) is 4.67. The third-order valence-electron chi connectivity index (χ3n) is 6.21. The number of Topliss-reactive ketones (excluding diaryl/α,β-unsaturated/α-hetero) is 2. The Kier molecular flexibility index (Phi) is 4.68. The van der Waals surface area contributed by atoms with E-state index in [0.29, 0.717) is 18.7 Å². The number of ketones is 2. The van der Waals surface area contributed by atoms with Crippen LogP contribution in [0.2, 0.25) is 0 Å². The maximum atomic E-state index is 13.7. The summed E-state index contributed by atoms with van der Waals surface area (Å²) < 4.78 is 15.4. The zero-order chi connectivity index (χ0) is 24.4. The van der Waals surface area contributed by atoms with E-state index in [-0.39, 0.29) is 33.6 Å². The lowest BCUT2D eigenvalue weighted by Gasteiger charge is -2.33. The van der Waals surface area contributed by atoms with Gasteiger partial charge in [-0.1, -0.05) is 38.1 Å². The maximum absolute atomic E-state index is 13.7. The number of fused-ring (bicyclic) bond motifs is 2. The fourth-order valence-electron chi connectivity index (χ4n) is 4.67. The Bertz CT molecular complexity index is 1430. The van der Waals surface area contributed by atoms with Gasteiger partial charge in [0.1, 0.15) is 11.6 Å². The molecule has 1 aromatic heterocycles. The molecule has 0 fully saturated rings. The molecule has 1 aliphatic heterocycles. The third kappa shape index (κ3) is 3.12. The number of hydrogen-bond acceptors (Lipinski definition) is 6. The smallest absolute Gasteiger partial charge is 0.319 e. The molecule has 2 N–H and O–H groups in total. The van der Waals surface area contributed by atoms with Crippen LogP contribution < -0.4 is 5.32 Å². The van der Waals surface area contributed by atoms with Crippen LogP contribution in [0.3, 0.4) is 0 Å². The molecule has 9 heteroatoms. The molecule has 2 heterocycles. The Hall–Kier alpha value is -4.27. The van der Waals surface area contributed by atoms with E-state index >= 15 is 0 Å². The van der Waals surface area contributed by atoms with Crippen molar-refractivity contribution in [1.82, 2.24) is 4.57 Å². The van der Waals surface area contributed by atoms with Crippen molar-refractivity contribution >= 4 is 34.4 Å². The second-order valence-corrected chi connectivity index (χ2v) is 9.22. The largest absolute Gasteiger partial charge is 0.506 e. The lowest BCUT2D eigenvalue weighted by molar-refractivity contribution is -0.384. The van der Waals surface area contributed by atoms with Crippen LogP contribution in [-0.4, -0.2) is 32.7 Å². The Morgan fingerprint density at radius 2 is 1.71 bits per heavy atom. The van der Waals surface area contributed by atoms with Gasteiger partial charge in [0.25, 0.3) is 0 Å². The second kappa shape index (κ2) is 7.38. The monoisotopic (exact) mass is 461 g/mol. The van der Waals surface area contributed by atoms with Crippen molar-refractivity contribution in [1.29, 1.82) is 0 Å². The number of carbonyl (C=O) groups excluding carboxylic acids is 2. The number of hydrogen-bond donors (Lipinski definition) is 2. The lowest BCUT2D eigenvalue weighted by atomic mass is 9.84. The van der Waals surface area contributed by atoms with E-state index in [4.69, 9.17) is 0 Å². The summed E-state index contributed by atoms with van der Waals surface area (Å²) in [5.41, 5.74) is -0.507. The molecular formula is C25H20FN3O5. The Balaban J connectivity index is 1.92. The summed E-state index contributed by atoms with van der Waals surface area (Å²) in [6, 6.07) is 11.4. The van der Waals surface area contributed by atoms with Gasteiger partial charge in [0.2, 0.25) is 11.6 Å². The maximum Gasteiger partial charge on any atom is 0.319 e. The molecule has 3 aromatic rings. The van der Waals surface area contributed by atoms with E-state index in [9.17, 15) is 29.2 Å². The first-order valence-electron chi connectivity index (χ1n) is 10.6. The number of aromatic nitrogens is 1. The molecule has 5 rings (SSSR count). The van der Waals surface area contributed by atoms with Crippen molar-refractivity contribution in [3.8, 4) is 11.3 Å². The minimum Gasteiger partial charge on any atom is -0.506 e. The number of aliphatic hydroxyl groups excluding tert-OH is 1. The van der Waals surface area contributed by atoms with Crippen molar-refractivity contribution in [2.75, 3.05) is 11.9 Å². The van der Waals surface area contributed by atoms with Gasteiger partial charge in [0.15, 0.2) is 5.82 Å². The molecule has 2 aromatic carbocycles. The number of carbonyl (C=O) groups is 2. The number of anilines is 1. The number of allylic oxidation sites excluding steroid dienone is 1. The molecule has 34 heavy (non-hydrogen) atoms. The van der Waals surface area contributed by atoms with Crippen LogP contribution in [0.15, 0.2) is 48.5 Å². The first kappa shape index (κ1) is 21.6. The first-order valence-corrected chi connectivity index (χ1v) is 10.6. The highest BCUT2D eigenvalue weighted by Gasteiger charge is 2.44. The number of benzene rings is 2. The van der Waals surface area contributed by atoms with E-state index in [1.165, 1.54) is 36.4 Å². The number of nitrogens with zero attached hydrogens (tertiary/aromatic N) is 2. The van der Waals surface area contributed by atoms with Gasteiger partial charge in [0, 0.05) is 29.6 Å². The van der Waals surface area contributed by atoms with Gasteiger partial charge in [-0.05, 0) is 29.8 Å². The minimum atomic E-state index is -1.04. The number of rotatable bonds is 3. The summed E-state index contributed by atoms with van der Waals surface area (Å²) in [6.45, 7) is 4.74. The van der Waals surface area contributed by atoms with E-state index < -0.39 is 39.3 Å². The fraction of sp³-hybridized carbons (Fsp3) is 0.200. The summed E-state index contributed by atoms with van der Waals surface area (Å²) in [5.74, 6) is -2.74. The first-order chi connectivity index (χ1) is 16.1. The molecule has 2 aliphatic rings. The minimum absolute atomic E-state index is 0.0305. The zero-order valence-electron chi connectivity index (χ0n) is 18.4. The predicted molar refractivity (Wildman–Crippen MR) is 124 cm³/mol. The topological polar surface area (TPSA) is 114 Å². The number of halogens is 1. The van der Waals surface area contributed by atoms with Crippen LogP contribution in [0.4, 0.5) is 15.9 Å². The van der Waals surface area contributed by atoms with Gasteiger partial charge >= 0.3 is 5.69 Å². The average molecular weight is 461 g/mol. The molecule has 0 atom stereocenters. The number of nitrogens with one attached hydrogen (secondary N) is 1. The summed E-state index contributed by atoms with van der Waals surface area (Å²) >= 11 is 0. The molecule has 0 unspecified atom stereocenters. The Morgan fingerprint density at radius 1 is 1.06 bits per heavy atom. The van der Waals surface area contributed by atoms with Gasteiger partial charge in [0.05, 0.1) is 21.8 Å². The highest BCUT2D eigenvalue weighted by molar-refractivity contribution is 6.62. The van der Waals surface area contributed by atoms with Crippen LogP contribution in [0.1, 0.15) is 35.3 Å². The summed E-state index contributed by atoms with van der Waals surface area (Å²) in [7, 11) is 0. The quantitative estimate of drug-likeness (QED) is 0.328. The molecule has 0 amide bonds. The lowest BCUT2D eigenvalue weighted by Crippen LogP contribution is -2.34. The standard InChI is InChI=1S/C25H20FN3O5/c1-25(2)11-27-24-20(29(33)34)17(19(28(24)12-25)13-7-9-14(26)10-8-13)18-21(30)15-5-3-4-6-16(15)22(31)23(18)32/h3-10,27,30H,11-12H2,1-2H3. The normalized spacial score (nSPS) is 16.7. The zero-order valence-corrected chi connectivity index (χ0v) is 18.4. The van der Waals surface area contributed by atoms with Crippen LogP contribution in [0.5, 0.6) is 0 Å². The summed E-state index contributed by atoms with van der Waals surface area (Å²) in [5, 5.41) is 26.6. The van der Waals surface area contributed by atoms with Gasteiger partial charge in [-0.2, -0.15) is 0 Å². The van der Waals surface area contributed by atoms with Gasteiger partial charge in [-0.25, -0.2) is 4.39 Å². The summed E-state index contributed by atoms with van der Waals surface area (Å²) in [4.78, 5) is 37.9. The van der Waals surface area contributed by atoms with E-state index in [1.54, 1.807) is 16.7 Å². The Labute approximate surface area is 193 Å².